The number of hydrogen-bond donors (Lipinski definition) is 0. The van der Waals surface area contributed by atoms with E-state index in [1.165, 1.54) is 11.0 Å². The zero-order chi connectivity index (χ0) is 18.7. The number of aromatic nitrogens is 2. The van der Waals surface area contributed by atoms with Crippen LogP contribution < -0.4 is 0 Å². The highest BCUT2D eigenvalue weighted by Crippen LogP contribution is 2.59. The van der Waals surface area contributed by atoms with Crippen molar-refractivity contribution in [2.45, 2.75) is 24.7 Å². The van der Waals surface area contributed by atoms with Gasteiger partial charge in [-0.25, -0.2) is 9.37 Å². The minimum Gasteiger partial charge on any atom is -0.294 e. The van der Waals surface area contributed by atoms with Crippen LogP contribution >= 0.6 is 0 Å². The predicted molar refractivity (Wildman–Crippen MR) is 111 cm³/mol. The van der Waals surface area contributed by atoms with E-state index in [-0.39, 0.29) is 11.2 Å². The van der Waals surface area contributed by atoms with Crippen molar-refractivity contribution >= 4 is 22.6 Å². The van der Waals surface area contributed by atoms with Gasteiger partial charge in [0.2, 0.25) is 0 Å². The van der Waals surface area contributed by atoms with E-state index in [1.807, 2.05) is 36.5 Å². The SMILES string of the molecule is Fc1cccc2c1C1(CCC1)C(c1cc3ccccc3n1-c1ccccn1)=C2. The van der Waals surface area contributed by atoms with E-state index in [2.05, 4.69) is 46.0 Å². The van der Waals surface area contributed by atoms with Crippen LogP contribution in [0.5, 0.6) is 0 Å². The number of hydrogen-bond acceptors (Lipinski definition) is 1. The summed E-state index contributed by atoms with van der Waals surface area (Å²) in [6.45, 7) is 0. The highest BCUT2D eigenvalue weighted by Gasteiger charge is 2.49. The lowest BCUT2D eigenvalue weighted by Gasteiger charge is -2.42. The van der Waals surface area contributed by atoms with Crippen molar-refractivity contribution in [3.8, 4) is 5.82 Å². The molecule has 0 amide bonds. The Morgan fingerprint density at radius 2 is 1.79 bits per heavy atom. The Kier molecular flexibility index (Phi) is 3.19. The molecule has 2 aromatic heterocycles. The highest BCUT2D eigenvalue weighted by atomic mass is 19.1. The van der Waals surface area contributed by atoms with Crippen molar-refractivity contribution in [2.75, 3.05) is 0 Å². The van der Waals surface area contributed by atoms with E-state index in [0.717, 1.165) is 47.4 Å². The number of allylic oxidation sites excluding steroid dienone is 1. The minimum atomic E-state index is -0.207. The zero-order valence-electron chi connectivity index (χ0n) is 15.4. The summed E-state index contributed by atoms with van der Waals surface area (Å²) in [6.07, 6.45) is 7.15. The Labute approximate surface area is 163 Å². The maximum atomic E-state index is 14.9. The third-order valence-electron chi connectivity index (χ3n) is 6.41. The number of para-hydroxylation sites is 1. The lowest BCUT2D eigenvalue weighted by atomic mass is 9.61. The molecule has 136 valence electrons. The number of halogens is 1. The van der Waals surface area contributed by atoms with E-state index >= 15 is 0 Å². The van der Waals surface area contributed by atoms with Crippen LogP contribution in [-0.2, 0) is 5.41 Å². The predicted octanol–water partition coefficient (Wildman–Crippen LogP) is 6.14. The molecule has 0 aliphatic heterocycles. The van der Waals surface area contributed by atoms with Gasteiger partial charge < -0.3 is 0 Å². The third kappa shape index (κ3) is 1.99. The van der Waals surface area contributed by atoms with Crippen LogP contribution in [0.25, 0.3) is 28.4 Å². The van der Waals surface area contributed by atoms with Crippen molar-refractivity contribution in [2.24, 2.45) is 0 Å². The molecule has 1 saturated carbocycles. The molecule has 2 aliphatic rings. The summed E-state index contributed by atoms with van der Waals surface area (Å²) in [5.74, 6) is 0.814. The second-order valence-electron chi connectivity index (χ2n) is 7.81. The topological polar surface area (TPSA) is 17.8 Å². The van der Waals surface area contributed by atoms with Gasteiger partial charge in [0.25, 0.3) is 0 Å². The highest BCUT2D eigenvalue weighted by molar-refractivity contribution is 5.98. The molecule has 0 unspecified atom stereocenters. The van der Waals surface area contributed by atoms with Gasteiger partial charge in [-0.05, 0) is 60.4 Å². The van der Waals surface area contributed by atoms with Crippen molar-refractivity contribution in [3.05, 3.63) is 95.6 Å². The van der Waals surface area contributed by atoms with E-state index < -0.39 is 0 Å². The van der Waals surface area contributed by atoms with Crippen LogP contribution in [0.2, 0.25) is 0 Å². The van der Waals surface area contributed by atoms with Gasteiger partial charge in [0.05, 0.1) is 11.2 Å². The average molecular weight is 366 g/mol. The fourth-order valence-corrected chi connectivity index (χ4v) is 5.05. The second kappa shape index (κ2) is 5.65. The molecule has 6 rings (SSSR count). The molecule has 0 N–H and O–H groups in total. The van der Waals surface area contributed by atoms with Crippen LogP contribution in [0.3, 0.4) is 0 Å². The Hall–Kier alpha value is -3.20. The molecule has 2 aromatic carbocycles. The summed E-state index contributed by atoms with van der Waals surface area (Å²) in [5.41, 5.74) is 5.17. The Balaban J connectivity index is 1.66. The van der Waals surface area contributed by atoms with Crippen molar-refractivity contribution in [1.82, 2.24) is 9.55 Å². The second-order valence-corrected chi connectivity index (χ2v) is 7.81. The first-order valence-electron chi connectivity index (χ1n) is 9.81. The molecule has 0 bridgehead atoms. The number of nitrogens with zero attached hydrogens (tertiary/aromatic N) is 2. The quantitative estimate of drug-likeness (QED) is 0.417. The summed E-state index contributed by atoms with van der Waals surface area (Å²) in [5, 5.41) is 1.18. The number of pyridine rings is 1. The van der Waals surface area contributed by atoms with Gasteiger partial charge in [0, 0.05) is 22.6 Å². The summed E-state index contributed by atoms with van der Waals surface area (Å²) in [6, 6.07) is 22.1. The normalized spacial score (nSPS) is 16.8. The van der Waals surface area contributed by atoms with Crippen LogP contribution in [-0.4, -0.2) is 9.55 Å². The summed E-state index contributed by atoms with van der Waals surface area (Å²) >= 11 is 0. The number of benzene rings is 2. The molecule has 2 nitrogen and oxygen atoms in total. The fourth-order valence-electron chi connectivity index (χ4n) is 5.05. The molecule has 0 saturated heterocycles. The van der Waals surface area contributed by atoms with Crippen LogP contribution in [0.1, 0.15) is 36.1 Å². The van der Waals surface area contributed by atoms with Gasteiger partial charge in [-0.15, -0.1) is 0 Å². The first-order valence-corrected chi connectivity index (χ1v) is 9.81. The van der Waals surface area contributed by atoms with E-state index in [4.69, 9.17) is 0 Å². The Morgan fingerprint density at radius 3 is 2.57 bits per heavy atom. The van der Waals surface area contributed by atoms with Gasteiger partial charge in [-0.2, -0.15) is 0 Å². The van der Waals surface area contributed by atoms with Gasteiger partial charge in [-0.1, -0.05) is 42.8 Å². The average Bonchev–Trinajstić information content (AvgIpc) is 3.25. The van der Waals surface area contributed by atoms with Crippen molar-refractivity contribution < 1.29 is 4.39 Å². The summed E-state index contributed by atoms with van der Waals surface area (Å²) in [4.78, 5) is 4.62. The van der Waals surface area contributed by atoms with Crippen LogP contribution in [0, 0.1) is 5.82 Å². The number of rotatable bonds is 2. The third-order valence-corrected chi connectivity index (χ3v) is 6.41. The molecule has 1 spiro atoms. The summed E-state index contributed by atoms with van der Waals surface area (Å²) in [7, 11) is 0. The molecule has 3 heteroatoms. The van der Waals surface area contributed by atoms with Crippen LogP contribution in [0.15, 0.2) is 72.9 Å². The Morgan fingerprint density at radius 1 is 0.929 bits per heavy atom. The minimum absolute atomic E-state index is 0.0797. The van der Waals surface area contributed by atoms with Gasteiger partial charge in [0.15, 0.2) is 0 Å². The standard InChI is InChI=1S/C25H19FN2/c26-20-9-5-8-18-15-19(25(24(18)20)12-6-13-25)22-16-17-7-1-2-10-21(17)28(22)23-11-3-4-14-27-23/h1-5,7-11,14-16H,6,12-13H2. The molecule has 4 aromatic rings. The molecular formula is C25H19FN2. The fraction of sp³-hybridized carbons (Fsp3) is 0.160. The largest absolute Gasteiger partial charge is 0.294 e. The smallest absolute Gasteiger partial charge is 0.137 e. The van der Waals surface area contributed by atoms with E-state index in [9.17, 15) is 4.39 Å². The molecule has 2 aliphatic carbocycles. The lowest BCUT2D eigenvalue weighted by molar-refractivity contribution is 0.320. The van der Waals surface area contributed by atoms with Gasteiger partial charge in [0.1, 0.15) is 11.6 Å². The lowest BCUT2D eigenvalue weighted by Crippen LogP contribution is -2.35. The van der Waals surface area contributed by atoms with Crippen molar-refractivity contribution in [1.29, 1.82) is 0 Å². The van der Waals surface area contributed by atoms with E-state index in [0.29, 0.717) is 0 Å². The molecule has 2 heterocycles. The monoisotopic (exact) mass is 366 g/mol. The molecule has 1 fully saturated rings. The first kappa shape index (κ1) is 15.8. The summed E-state index contributed by atoms with van der Waals surface area (Å²) < 4.78 is 17.1. The number of fused-ring (bicyclic) bond motifs is 3. The maximum Gasteiger partial charge on any atom is 0.137 e. The van der Waals surface area contributed by atoms with Crippen LogP contribution in [0.4, 0.5) is 4.39 Å². The molecule has 0 atom stereocenters. The molecule has 28 heavy (non-hydrogen) atoms. The zero-order valence-corrected chi connectivity index (χ0v) is 15.4. The van der Waals surface area contributed by atoms with E-state index in [1.54, 1.807) is 6.07 Å². The molecular weight excluding hydrogens is 347 g/mol. The molecule has 0 radical (unpaired) electrons. The van der Waals surface area contributed by atoms with Crippen molar-refractivity contribution in [3.63, 3.8) is 0 Å². The Bertz CT molecular complexity index is 1250. The van der Waals surface area contributed by atoms with Gasteiger partial charge in [-0.3, -0.25) is 4.57 Å². The maximum absolute atomic E-state index is 14.9. The first-order chi connectivity index (χ1) is 13.8. The van der Waals surface area contributed by atoms with Gasteiger partial charge >= 0.3 is 0 Å².